The van der Waals surface area contributed by atoms with Gasteiger partial charge in [-0.25, -0.2) is 4.79 Å². The van der Waals surface area contributed by atoms with Crippen LogP contribution in [0.15, 0.2) is 36.4 Å². The van der Waals surface area contributed by atoms with Crippen LogP contribution in [0, 0.1) is 23.7 Å². The number of nitrogens with zero attached hydrogens (tertiary/aromatic N) is 4. The first-order valence-electron chi connectivity index (χ1n) is 21.3. The number of hydrogen-bond acceptors (Lipinski definition) is 13. The van der Waals surface area contributed by atoms with Crippen LogP contribution in [0.1, 0.15) is 86.8 Å². The van der Waals surface area contributed by atoms with Gasteiger partial charge in [-0.1, -0.05) is 58.9 Å². The van der Waals surface area contributed by atoms with Gasteiger partial charge in [0.15, 0.2) is 17.7 Å². The molecule has 59 heavy (non-hydrogen) atoms. The van der Waals surface area contributed by atoms with E-state index in [9.17, 15) is 24.3 Å². The molecule has 0 bridgehead atoms. The summed E-state index contributed by atoms with van der Waals surface area (Å²) >= 11 is 0. The quantitative estimate of drug-likeness (QED) is 0.232. The van der Waals surface area contributed by atoms with Crippen molar-refractivity contribution in [3.05, 3.63) is 42.1 Å². The number of cyclic esters (lactones) is 1. The maximum absolute atomic E-state index is 14.9. The molecule has 0 spiro atoms. The van der Waals surface area contributed by atoms with Crippen LogP contribution in [0.3, 0.4) is 0 Å². The summed E-state index contributed by atoms with van der Waals surface area (Å²) in [6.45, 7) is 15.4. The van der Waals surface area contributed by atoms with Crippen molar-refractivity contribution in [2.75, 3.05) is 41.3 Å². The Labute approximate surface area is 350 Å². The highest BCUT2D eigenvalue weighted by atomic mass is 16.7. The Morgan fingerprint density at radius 1 is 0.966 bits per heavy atom. The molecule has 3 saturated heterocycles. The summed E-state index contributed by atoms with van der Waals surface area (Å²) in [6, 6.07) is 10.9. The number of amides is 1. The number of aliphatic hydroxyl groups excluding tert-OH is 1. The molecule has 1 unspecified atom stereocenters. The zero-order valence-electron chi connectivity index (χ0n) is 37.2. The van der Waals surface area contributed by atoms with Crippen molar-refractivity contribution in [2.24, 2.45) is 23.7 Å². The second-order valence-corrected chi connectivity index (χ2v) is 17.7. The lowest BCUT2D eigenvalue weighted by Crippen LogP contribution is -2.61. The van der Waals surface area contributed by atoms with Crippen molar-refractivity contribution in [1.82, 2.24) is 19.7 Å². The number of likely N-dealkylation sites (N-methyl/N-ethyl adjacent to an activating group) is 2. The highest BCUT2D eigenvalue weighted by Crippen LogP contribution is 2.44. The summed E-state index contributed by atoms with van der Waals surface area (Å²) in [5.74, 6) is -4.96. The molecule has 13 atom stereocenters. The molecule has 1 N–H and O–H groups in total. The summed E-state index contributed by atoms with van der Waals surface area (Å²) in [5, 5.41) is 12.5. The van der Waals surface area contributed by atoms with Crippen molar-refractivity contribution in [1.29, 1.82) is 0 Å². The molecule has 14 heteroatoms. The van der Waals surface area contributed by atoms with Crippen LogP contribution in [0.4, 0.5) is 4.79 Å². The predicted octanol–water partition coefficient (Wildman–Crippen LogP) is 5.26. The fraction of sp³-hybridized carbons (Fsp3) is 0.711. The number of esters is 1. The van der Waals surface area contributed by atoms with Crippen molar-refractivity contribution < 1.29 is 48.0 Å². The van der Waals surface area contributed by atoms with Crippen molar-refractivity contribution >= 4 is 34.5 Å². The van der Waals surface area contributed by atoms with E-state index in [1.165, 1.54) is 14.0 Å². The number of carbonyl (C=O) groups excluding carboxylic acids is 4. The summed E-state index contributed by atoms with van der Waals surface area (Å²) in [6.07, 6.45) is -3.80. The number of benzene rings is 1. The standard InChI is InChI=1S/C45H68N4O10/c1-13-35-45(14-2)39(49(43(54)59-45)22-21-48(11)25-32-20-19-31-17-15-16-18-33(31)46-32)28(5)36(50)26(3)24-44(8,55-12)40(29(6)37(51)30(7)41(53)57-35)58-42-38(52)34(47(9)10)23-27(4)56-42/h15-20,26-30,34-35,38-40,42,52H,13-14,21-25H2,1-12H3/t26-,27-,28+,29+,30-,34+,35-,38-,39-,40-,42?,44+,45-/m1/s1. The topological polar surface area (TPSA) is 157 Å². The van der Waals surface area contributed by atoms with E-state index in [0.717, 1.165) is 16.6 Å². The molecular formula is C45H68N4O10. The van der Waals surface area contributed by atoms with E-state index in [1.807, 2.05) is 97.1 Å². The largest absolute Gasteiger partial charge is 0.457 e. The SMILES string of the molecule is CC[C@H]1OC(=O)[C@H](C)C(=O)[C@H](C)[C@@H](OC2O[C@H](C)C[C@H](N(C)C)[C@H]2O)[C@@](C)(OC)C[C@@H](C)C(=O)[C@H](C)[C@H]2N(CCN(C)Cc3ccc4ccccc4n3)C(=O)O[C@]12CC. The summed E-state index contributed by atoms with van der Waals surface area (Å²) in [7, 11) is 7.21. The van der Waals surface area contributed by atoms with Crippen LogP contribution < -0.4 is 0 Å². The Morgan fingerprint density at radius 2 is 1.66 bits per heavy atom. The fourth-order valence-corrected chi connectivity index (χ4v) is 9.83. The number of aliphatic hydroxyl groups is 1. The van der Waals surface area contributed by atoms with E-state index >= 15 is 0 Å². The Balaban J connectivity index is 1.49. The zero-order valence-corrected chi connectivity index (χ0v) is 37.2. The van der Waals surface area contributed by atoms with Crippen LogP contribution in [0.2, 0.25) is 0 Å². The van der Waals surface area contributed by atoms with Crippen LogP contribution in [-0.2, 0) is 44.6 Å². The van der Waals surface area contributed by atoms with Crippen molar-refractivity contribution in [2.45, 2.75) is 142 Å². The molecule has 1 aromatic heterocycles. The molecule has 1 aromatic carbocycles. The molecule has 2 aromatic rings. The van der Waals surface area contributed by atoms with E-state index < -0.39 is 83.4 Å². The maximum Gasteiger partial charge on any atom is 0.410 e. The number of para-hydroxylation sites is 1. The molecule has 0 radical (unpaired) electrons. The summed E-state index contributed by atoms with van der Waals surface area (Å²) in [4.78, 5) is 67.9. The maximum atomic E-state index is 14.9. The number of ketones is 2. The number of aromatic nitrogens is 1. The highest BCUT2D eigenvalue weighted by Gasteiger charge is 2.62. The third-order valence-corrected chi connectivity index (χ3v) is 13.3. The highest BCUT2D eigenvalue weighted by molar-refractivity contribution is 6.00. The monoisotopic (exact) mass is 824 g/mol. The normalized spacial score (nSPS) is 36.5. The third-order valence-electron chi connectivity index (χ3n) is 13.3. The van der Waals surface area contributed by atoms with Crippen molar-refractivity contribution in [3.8, 4) is 0 Å². The molecule has 3 aliphatic rings. The number of Topliss-reactive ketones (excluding diaryl/α,β-unsaturated/α-hetero) is 2. The third kappa shape index (κ3) is 9.53. The smallest absolute Gasteiger partial charge is 0.410 e. The Hall–Kier alpha value is -3.53. The van der Waals surface area contributed by atoms with E-state index in [4.69, 9.17) is 28.7 Å². The van der Waals surface area contributed by atoms with Gasteiger partial charge in [0, 0.05) is 55.9 Å². The van der Waals surface area contributed by atoms with Crippen LogP contribution in [-0.4, -0.2) is 144 Å². The number of methoxy groups -OCH3 is 1. The lowest BCUT2D eigenvalue weighted by molar-refractivity contribution is -0.295. The van der Waals surface area contributed by atoms with Gasteiger partial charge in [0.2, 0.25) is 0 Å². The molecule has 4 heterocycles. The molecule has 3 aliphatic heterocycles. The van der Waals surface area contributed by atoms with Gasteiger partial charge in [-0.2, -0.15) is 0 Å². The van der Waals surface area contributed by atoms with Gasteiger partial charge < -0.3 is 33.7 Å². The molecule has 5 rings (SSSR count). The minimum absolute atomic E-state index is 0.128. The molecular weight excluding hydrogens is 757 g/mol. The van der Waals surface area contributed by atoms with Gasteiger partial charge >= 0.3 is 12.1 Å². The van der Waals surface area contributed by atoms with Crippen molar-refractivity contribution in [3.63, 3.8) is 0 Å². The minimum atomic E-state index is -1.38. The number of fused-ring (bicyclic) bond motifs is 2. The zero-order chi connectivity index (χ0) is 43.6. The molecule has 14 nitrogen and oxygen atoms in total. The first-order chi connectivity index (χ1) is 27.8. The van der Waals surface area contributed by atoms with Crippen LogP contribution in [0.5, 0.6) is 0 Å². The Bertz CT molecular complexity index is 1810. The summed E-state index contributed by atoms with van der Waals surface area (Å²) < 4.78 is 31.6. The lowest BCUT2D eigenvalue weighted by Gasteiger charge is -2.47. The molecule has 0 saturated carbocycles. The van der Waals surface area contributed by atoms with Gasteiger partial charge in [0.1, 0.15) is 23.9 Å². The predicted molar refractivity (Wildman–Crippen MR) is 222 cm³/mol. The van der Waals surface area contributed by atoms with Gasteiger partial charge in [-0.3, -0.25) is 29.2 Å². The van der Waals surface area contributed by atoms with Gasteiger partial charge in [0.25, 0.3) is 0 Å². The lowest BCUT2D eigenvalue weighted by atomic mass is 9.72. The van der Waals surface area contributed by atoms with E-state index in [2.05, 4.69) is 4.90 Å². The first-order valence-corrected chi connectivity index (χ1v) is 21.3. The average Bonchev–Trinajstić information content (AvgIpc) is 3.51. The molecule has 3 fully saturated rings. The number of hydrogen-bond donors (Lipinski definition) is 1. The molecule has 328 valence electrons. The second kappa shape index (κ2) is 19.0. The number of carbonyl (C=O) groups is 4. The van der Waals surface area contributed by atoms with Crippen LogP contribution in [0.25, 0.3) is 10.9 Å². The van der Waals surface area contributed by atoms with E-state index in [1.54, 1.807) is 18.7 Å². The van der Waals surface area contributed by atoms with E-state index in [-0.39, 0.29) is 43.7 Å². The van der Waals surface area contributed by atoms with Gasteiger partial charge in [-0.15, -0.1) is 0 Å². The average molecular weight is 825 g/mol. The van der Waals surface area contributed by atoms with Gasteiger partial charge in [-0.05, 0) is 79.7 Å². The van der Waals surface area contributed by atoms with Crippen LogP contribution >= 0.6 is 0 Å². The fourth-order valence-electron chi connectivity index (χ4n) is 9.83. The molecule has 1 amide bonds. The number of ether oxygens (including phenoxy) is 5. The van der Waals surface area contributed by atoms with E-state index in [0.29, 0.717) is 19.5 Å². The Morgan fingerprint density at radius 3 is 2.31 bits per heavy atom. The Kier molecular flexibility index (Phi) is 15.0. The van der Waals surface area contributed by atoms with Gasteiger partial charge in [0.05, 0.1) is 35.1 Å². The number of pyridine rings is 1. The first kappa shape index (κ1) is 46.5. The molecule has 0 aliphatic carbocycles. The minimum Gasteiger partial charge on any atom is -0.457 e. The summed E-state index contributed by atoms with van der Waals surface area (Å²) in [5.41, 5.74) is -0.873. The number of rotatable bonds is 11. The second-order valence-electron chi connectivity index (χ2n) is 17.7.